The van der Waals surface area contributed by atoms with Gasteiger partial charge in [0, 0.05) is 18.3 Å². The van der Waals surface area contributed by atoms with Crippen LogP contribution in [0.3, 0.4) is 0 Å². The van der Waals surface area contributed by atoms with Crippen molar-refractivity contribution in [1.82, 2.24) is 4.90 Å². The first-order valence-corrected chi connectivity index (χ1v) is 8.04. The molecular weight excluding hydrogens is 276 g/mol. The molecule has 2 unspecified atom stereocenters. The summed E-state index contributed by atoms with van der Waals surface area (Å²) < 4.78 is 0. The molecule has 4 heteroatoms. The van der Waals surface area contributed by atoms with Crippen LogP contribution in [0.2, 0.25) is 0 Å². The fourth-order valence-electron chi connectivity index (χ4n) is 3.16. The Kier molecular flexibility index (Phi) is 4.93. The number of anilines is 1. The molecule has 0 radical (unpaired) electrons. The highest BCUT2D eigenvalue weighted by atomic mass is 16.3. The Hall–Kier alpha value is -1.39. The predicted molar refractivity (Wildman–Crippen MR) is 90.1 cm³/mol. The molecule has 0 aromatic heterocycles. The zero-order chi connectivity index (χ0) is 16.5. The van der Waals surface area contributed by atoms with Gasteiger partial charge in [-0.2, -0.15) is 0 Å². The topological polar surface area (TPSA) is 43.8 Å². The highest BCUT2D eigenvalue weighted by molar-refractivity contribution is 5.98. The minimum absolute atomic E-state index is 0.103. The van der Waals surface area contributed by atoms with Crippen LogP contribution in [0.5, 0.6) is 0 Å². The van der Waals surface area contributed by atoms with E-state index in [4.69, 9.17) is 0 Å². The maximum absolute atomic E-state index is 13.0. The van der Waals surface area contributed by atoms with E-state index < -0.39 is 5.60 Å². The van der Waals surface area contributed by atoms with Crippen LogP contribution in [-0.2, 0) is 11.2 Å². The van der Waals surface area contributed by atoms with E-state index >= 15 is 0 Å². The molecule has 0 bridgehead atoms. The molecule has 4 nitrogen and oxygen atoms in total. The van der Waals surface area contributed by atoms with Crippen LogP contribution >= 0.6 is 0 Å². The summed E-state index contributed by atoms with van der Waals surface area (Å²) in [6.45, 7) is 8.01. The monoisotopic (exact) mass is 304 g/mol. The maximum Gasteiger partial charge on any atom is 0.244 e. The van der Waals surface area contributed by atoms with Crippen LogP contribution in [-0.4, -0.2) is 47.2 Å². The molecule has 1 aromatic carbocycles. The zero-order valence-corrected chi connectivity index (χ0v) is 14.3. The lowest BCUT2D eigenvalue weighted by Crippen LogP contribution is -2.53. The summed E-state index contributed by atoms with van der Waals surface area (Å²) in [5.41, 5.74) is 1.47. The molecule has 1 aliphatic rings. The number of hydrogen-bond donors (Lipinski definition) is 1. The Morgan fingerprint density at radius 1 is 1.45 bits per heavy atom. The van der Waals surface area contributed by atoms with Crippen molar-refractivity contribution in [3.63, 3.8) is 0 Å². The smallest absolute Gasteiger partial charge is 0.244 e. The number of benzene rings is 1. The highest BCUT2D eigenvalue weighted by Gasteiger charge is 2.33. The molecule has 0 fully saturated rings. The number of fused-ring (bicyclic) bond motifs is 1. The highest BCUT2D eigenvalue weighted by Crippen LogP contribution is 2.31. The van der Waals surface area contributed by atoms with E-state index in [0.29, 0.717) is 6.54 Å². The van der Waals surface area contributed by atoms with E-state index in [0.717, 1.165) is 18.5 Å². The van der Waals surface area contributed by atoms with Gasteiger partial charge in [-0.1, -0.05) is 18.2 Å². The molecule has 1 aliphatic heterocycles. The molecule has 22 heavy (non-hydrogen) atoms. The number of aryl methyl sites for hydroxylation is 1. The summed E-state index contributed by atoms with van der Waals surface area (Å²) in [5.74, 6) is 0.103. The van der Waals surface area contributed by atoms with E-state index in [1.54, 1.807) is 13.8 Å². The summed E-state index contributed by atoms with van der Waals surface area (Å²) in [6, 6.07) is 8.10. The summed E-state index contributed by atoms with van der Waals surface area (Å²) in [7, 11) is 1.89. The Morgan fingerprint density at radius 3 is 2.73 bits per heavy atom. The van der Waals surface area contributed by atoms with Crippen LogP contribution in [0.15, 0.2) is 24.3 Å². The lowest BCUT2D eigenvalue weighted by molar-refractivity contribution is -0.124. The molecule has 2 atom stereocenters. The van der Waals surface area contributed by atoms with E-state index in [1.165, 1.54) is 5.56 Å². The quantitative estimate of drug-likeness (QED) is 0.929. The number of hydrogen-bond acceptors (Lipinski definition) is 3. The van der Waals surface area contributed by atoms with Crippen molar-refractivity contribution >= 4 is 11.6 Å². The van der Waals surface area contributed by atoms with Gasteiger partial charge in [0.25, 0.3) is 0 Å². The largest absolute Gasteiger partial charge is 0.389 e. The number of likely N-dealkylation sites (N-methyl/N-ethyl adjacent to an activating group) is 1. The van der Waals surface area contributed by atoms with E-state index in [1.807, 2.05) is 42.0 Å². The number of amides is 1. The van der Waals surface area contributed by atoms with Gasteiger partial charge in [0.1, 0.15) is 0 Å². The standard InChI is InChI=1S/C18H28N2O2/c1-13-10-11-15-8-6-7-9-16(15)20(13)17(21)14(2)19(5)12-18(3,4)22/h6-9,13-14,22H,10-12H2,1-5H3. The minimum atomic E-state index is -0.811. The predicted octanol–water partition coefficient (Wildman–Crippen LogP) is 2.45. The molecule has 1 heterocycles. The van der Waals surface area contributed by atoms with Crippen molar-refractivity contribution in [1.29, 1.82) is 0 Å². The second-order valence-corrected chi connectivity index (χ2v) is 7.13. The number of carbonyl (C=O) groups is 1. The molecule has 0 saturated heterocycles. The van der Waals surface area contributed by atoms with Crippen LogP contribution < -0.4 is 4.90 Å². The number of carbonyl (C=O) groups excluding carboxylic acids is 1. The molecule has 1 amide bonds. The number of para-hydroxylation sites is 1. The molecule has 122 valence electrons. The molecule has 0 saturated carbocycles. The summed E-state index contributed by atoms with van der Waals surface area (Å²) in [6.07, 6.45) is 2.01. The first-order chi connectivity index (χ1) is 10.2. The molecule has 1 aromatic rings. The summed E-state index contributed by atoms with van der Waals surface area (Å²) >= 11 is 0. The van der Waals surface area contributed by atoms with E-state index in [2.05, 4.69) is 13.0 Å². The second kappa shape index (κ2) is 6.39. The Balaban J connectivity index is 2.21. The molecule has 2 rings (SSSR count). The average Bonchev–Trinajstić information content (AvgIpc) is 2.44. The fourth-order valence-corrected chi connectivity index (χ4v) is 3.16. The van der Waals surface area contributed by atoms with Crippen molar-refractivity contribution < 1.29 is 9.90 Å². The third-order valence-electron chi connectivity index (χ3n) is 4.42. The van der Waals surface area contributed by atoms with Crippen LogP contribution in [0, 0.1) is 0 Å². The van der Waals surface area contributed by atoms with Crippen molar-refractivity contribution in [2.24, 2.45) is 0 Å². The normalized spacial score (nSPS) is 20.0. The van der Waals surface area contributed by atoms with Gasteiger partial charge < -0.3 is 10.0 Å². The maximum atomic E-state index is 13.0. The van der Waals surface area contributed by atoms with Gasteiger partial charge in [0.15, 0.2) is 0 Å². The van der Waals surface area contributed by atoms with Crippen molar-refractivity contribution in [2.45, 2.75) is 58.2 Å². The van der Waals surface area contributed by atoms with Gasteiger partial charge in [-0.3, -0.25) is 9.69 Å². The first kappa shape index (κ1) is 17.0. The zero-order valence-electron chi connectivity index (χ0n) is 14.3. The Morgan fingerprint density at radius 2 is 2.09 bits per heavy atom. The Bertz CT molecular complexity index is 536. The van der Waals surface area contributed by atoms with E-state index in [9.17, 15) is 9.90 Å². The van der Waals surface area contributed by atoms with Gasteiger partial charge in [-0.05, 0) is 59.2 Å². The van der Waals surface area contributed by atoms with Gasteiger partial charge in [0.2, 0.25) is 5.91 Å². The summed E-state index contributed by atoms with van der Waals surface area (Å²) in [4.78, 5) is 16.9. The third-order valence-corrected chi connectivity index (χ3v) is 4.42. The van der Waals surface area contributed by atoms with Crippen LogP contribution in [0.25, 0.3) is 0 Å². The Labute approximate surface area is 133 Å². The van der Waals surface area contributed by atoms with Crippen LogP contribution in [0.4, 0.5) is 5.69 Å². The van der Waals surface area contributed by atoms with Gasteiger partial charge in [-0.25, -0.2) is 0 Å². The first-order valence-electron chi connectivity index (χ1n) is 8.04. The minimum Gasteiger partial charge on any atom is -0.389 e. The molecule has 1 N–H and O–H groups in total. The van der Waals surface area contributed by atoms with Crippen LogP contribution in [0.1, 0.15) is 39.7 Å². The average molecular weight is 304 g/mol. The lowest BCUT2D eigenvalue weighted by atomic mass is 9.95. The fraction of sp³-hybridized carbons (Fsp3) is 0.611. The van der Waals surface area contributed by atoms with Gasteiger partial charge >= 0.3 is 0 Å². The second-order valence-electron chi connectivity index (χ2n) is 7.13. The number of aliphatic hydroxyl groups is 1. The van der Waals surface area contributed by atoms with Gasteiger partial charge in [0.05, 0.1) is 11.6 Å². The number of rotatable bonds is 4. The van der Waals surface area contributed by atoms with Crippen molar-refractivity contribution in [3.8, 4) is 0 Å². The number of nitrogens with zero attached hydrogens (tertiary/aromatic N) is 2. The SMILES string of the molecule is CC(C(=O)N1c2ccccc2CCC1C)N(C)CC(C)(C)O. The van der Waals surface area contributed by atoms with Crippen molar-refractivity contribution in [3.05, 3.63) is 29.8 Å². The molecule has 0 spiro atoms. The molecule has 0 aliphatic carbocycles. The van der Waals surface area contributed by atoms with Gasteiger partial charge in [-0.15, -0.1) is 0 Å². The summed E-state index contributed by atoms with van der Waals surface area (Å²) in [5, 5.41) is 9.97. The lowest BCUT2D eigenvalue weighted by Gasteiger charge is -2.39. The van der Waals surface area contributed by atoms with Crippen molar-refractivity contribution in [2.75, 3.05) is 18.5 Å². The molecular formula is C18H28N2O2. The van der Waals surface area contributed by atoms with E-state index in [-0.39, 0.29) is 18.0 Å². The third kappa shape index (κ3) is 3.68.